The number of piperidine rings is 2. The van der Waals surface area contributed by atoms with Gasteiger partial charge in [-0.2, -0.15) is 0 Å². The van der Waals surface area contributed by atoms with Crippen molar-refractivity contribution in [2.45, 2.75) is 95.9 Å². The molecule has 0 aliphatic carbocycles. The van der Waals surface area contributed by atoms with E-state index in [-0.39, 0.29) is 42.6 Å². The monoisotopic (exact) mass is 810 g/mol. The first-order chi connectivity index (χ1) is 29.1. The number of ether oxygens (including phenoxy) is 1. The zero-order valence-electron chi connectivity index (χ0n) is 34.2. The molecule has 1 atom stereocenters. The van der Waals surface area contributed by atoms with E-state index in [2.05, 4.69) is 44.8 Å². The molecule has 14 heteroatoms. The summed E-state index contributed by atoms with van der Waals surface area (Å²) in [4.78, 5) is 80.9. The van der Waals surface area contributed by atoms with Crippen molar-refractivity contribution in [3.8, 4) is 23.1 Å². The Bertz CT molecular complexity index is 2450. The largest absolute Gasteiger partial charge is 0.381 e. The number of nitrogens with one attached hydrogen (secondary N) is 1. The molecule has 5 amide bonds. The minimum atomic E-state index is -0.681. The van der Waals surface area contributed by atoms with Crippen LogP contribution in [0.4, 0.5) is 5.69 Å². The average Bonchev–Trinajstić information content (AvgIpc) is 3.82. The number of pyridine rings is 1. The van der Waals surface area contributed by atoms with E-state index in [1.807, 2.05) is 35.2 Å². The van der Waals surface area contributed by atoms with Crippen molar-refractivity contribution in [1.82, 2.24) is 34.6 Å². The van der Waals surface area contributed by atoms with Crippen molar-refractivity contribution in [2.75, 3.05) is 44.8 Å². The fourth-order valence-corrected chi connectivity index (χ4v) is 9.61. The minimum absolute atomic E-state index is 0.0514. The van der Waals surface area contributed by atoms with Crippen LogP contribution in [0, 0.1) is 11.8 Å². The molecule has 9 rings (SSSR count). The van der Waals surface area contributed by atoms with Crippen molar-refractivity contribution in [2.24, 2.45) is 0 Å². The molecular weight excluding hydrogens is 761 g/mol. The molecule has 1 unspecified atom stereocenters. The number of hydrogen-bond acceptors (Lipinski definition) is 9. The summed E-state index contributed by atoms with van der Waals surface area (Å²) in [6.07, 6.45) is 6.62. The average molecular weight is 811 g/mol. The Morgan fingerprint density at radius 1 is 0.950 bits per heavy atom. The molecule has 0 radical (unpaired) electrons. The Morgan fingerprint density at radius 2 is 1.77 bits per heavy atom. The molecule has 2 aromatic carbocycles. The van der Waals surface area contributed by atoms with Crippen molar-refractivity contribution < 1.29 is 28.7 Å². The first kappa shape index (κ1) is 39.4. The van der Waals surface area contributed by atoms with Crippen molar-refractivity contribution in [3.05, 3.63) is 76.9 Å². The molecule has 0 saturated carbocycles. The Kier molecular flexibility index (Phi) is 10.9. The van der Waals surface area contributed by atoms with Gasteiger partial charge in [-0.1, -0.05) is 24.0 Å². The van der Waals surface area contributed by atoms with Crippen LogP contribution in [0.15, 0.2) is 48.7 Å². The highest BCUT2D eigenvalue weighted by atomic mass is 16.5. The third kappa shape index (κ3) is 7.51. The van der Waals surface area contributed by atoms with E-state index in [1.165, 1.54) is 4.90 Å². The lowest BCUT2D eigenvalue weighted by molar-refractivity contribution is -0.137. The van der Waals surface area contributed by atoms with Crippen molar-refractivity contribution in [1.29, 1.82) is 0 Å². The van der Waals surface area contributed by atoms with E-state index in [1.54, 1.807) is 19.1 Å². The van der Waals surface area contributed by atoms with Gasteiger partial charge in [0, 0.05) is 125 Å². The standard InChI is InChI=1S/C46H50N8O6/c1-29(55)52-22-23-53-40(28-52)43(49-44(53)31-17-24-60-25-18-31)35-14-19-47-38-26-33(10-11-34(35)38)51-20-15-32(16-21-51)50(2)42(57)9-4-3-6-30-7-5-8-36-37(30)27-54(46(36)59)39-12-13-41(56)48-45(39)58/h5,7-8,10-11,14,19,26,31-32,39H,4,9,12-13,15-18,20-25,27-28H2,1-2H3,(H,48,56,58). The molecule has 1 N–H and O–H groups in total. The van der Waals surface area contributed by atoms with E-state index in [4.69, 9.17) is 14.7 Å². The summed E-state index contributed by atoms with van der Waals surface area (Å²) in [5.41, 5.74) is 7.05. The molecule has 0 bridgehead atoms. The normalized spacial score (nSPS) is 19.8. The number of aromatic nitrogens is 3. The molecule has 0 spiro atoms. The van der Waals surface area contributed by atoms with E-state index in [0.29, 0.717) is 49.4 Å². The van der Waals surface area contributed by atoms with Crippen molar-refractivity contribution in [3.63, 3.8) is 0 Å². The maximum atomic E-state index is 13.3. The molecular formula is C46H50N8O6. The first-order valence-electron chi connectivity index (χ1n) is 21.2. The molecule has 3 fully saturated rings. The van der Waals surface area contributed by atoms with Gasteiger partial charge in [0.25, 0.3) is 5.91 Å². The van der Waals surface area contributed by atoms with Gasteiger partial charge in [-0.05, 0) is 68.0 Å². The summed E-state index contributed by atoms with van der Waals surface area (Å²) in [6, 6.07) is 13.3. The van der Waals surface area contributed by atoms with E-state index < -0.39 is 11.9 Å². The van der Waals surface area contributed by atoms with Crippen LogP contribution in [0.1, 0.15) is 97.2 Å². The SMILES string of the molecule is CC(=O)N1CCn2c(C3CCOCC3)nc(-c3ccnc4cc(N5CCC(N(C)C(=O)CCC#Cc6cccc7c6CN(C6CCC(=O)NC6=O)C7=O)CC5)ccc34)c2C1. The maximum Gasteiger partial charge on any atom is 0.255 e. The number of fused-ring (bicyclic) bond motifs is 3. The topological polar surface area (TPSA) is 150 Å². The Hall–Kier alpha value is -6.07. The van der Waals surface area contributed by atoms with Crippen LogP contribution in [-0.2, 0) is 43.5 Å². The number of rotatable bonds is 7. The second kappa shape index (κ2) is 16.5. The van der Waals surface area contributed by atoms with Gasteiger partial charge in [-0.25, -0.2) is 4.98 Å². The van der Waals surface area contributed by atoms with Crippen LogP contribution in [0.3, 0.4) is 0 Å². The summed E-state index contributed by atoms with van der Waals surface area (Å²) < 4.78 is 8.02. The van der Waals surface area contributed by atoms with Crippen LogP contribution in [0.2, 0.25) is 0 Å². The van der Waals surface area contributed by atoms with Gasteiger partial charge >= 0.3 is 0 Å². The van der Waals surface area contributed by atoms with Crippen LogP contribution in [0.5, 0.6) is 0 Å². The number of nitrogens with zero attached hydrogens (tertiary/aromatic N) is 7. The third-order valence-electron chi connectivity index (χ3n) is 13.1. The zero-order chi connectivity index (χ0) is 41.5. The second-order valence-electron chi connectivity index (χ2n) is 16.6. The van der Waals surface area contributed by atoms with Gasteiger partial charge in [0.2, 0.25) is 23.6 Å². The van der Waals surface area contributed by atoms with Gasteiger partial charge in [-0.3, -0.25) is 34.3 Å². The first-order valence-corrected chi connectivity index (χ1v) is 21.2. The summed E-state index contributed by atoms with van der Waals surface area (Å²) >= 11 is 0. The van der Waals surface area contributed by atoms with Crippen LogP contribution < -0.4 is 10.2 Å². The predicted molar refractivity (Wildman–Crippen MR) is 223 cm³/mol. The minimum Gasteiger partial charge on any atom is -0.381 e. The maximum absolute atomic E-state index is 13.3. The van der Waals surface area contributed by atoms with Crippen LogP contribution in [0.25, 0.3) is 22.2 Å². The molecule has 2 aromatic heterocycles. The quantitative estimate of drug-likeness (QED) is 0.212. The number of imide groups is 1. The number of benzene rings is 2. The van der Waals surface area contributed by atoms with Crippen LogP contribution >= 0.6 is 0 Å². The summed E-state index contributed by atoms with van der Waals surface area (Å²) in [5, 5.41) is 3.37. The van der Waals surface area contributed by atoms with Crippen LogP contribution in [-0.4, -0.2) is 111 Å². The fourth-order valence-electron chi connectivity index (χ4n) is 9.61. The highest BCUT2D eigenvalue weighted by molar-refractivity contribution is 6.05. The number of anilines is 1. The van der Waals surface area contributed by atoms with Gasteiger partial charge in [-0.15, -0.1) is 0 Å². The molecule has 5 aliphatic heterocycles. The number of imidazole rings is 1. The highest BCUT2D eigenvalue weighted by Gasteiger charge is 2.40. The van der Waals surface area contributed by atoms with Gasteiger partial charge in [0.15, 0.2) is 0 Å². The fraction of sp³-hybridized carbons (Fsp3) is 0.457. The molecule has 7 heterocycles. The number of carbonyl (C=O) groups excluding carboxylic acids is 5. The lowest BCUT2D eigenvalue weighted by Crippen LogP contribution is -2.52. The van der Waals surface area contributed by atoms with E-state index in [0.717, 1.165) is 103 Å². The Morgan fingerprint density at radius 3 is 2.55 bits per heavy atom. The Balaban J connectivity index is 0.825. The molecule has 60 heavy (non-hydrogen) atoms. The van der Waals surface area contributed by atoms with Gasteiger partial charge in [0.05, 0.1) is 23.4 Å². The summed E-state index contributed by atoms with van der Waals surface area (Å²) in [7, 11) is 1.88. The third-order valence-corrected chi connectivity index (χ3v) is 13.1. The molecule has 14 nitrogen and oxygen atoms in total. The molecule has 310 valence electrons. The summed E-state index contributed by atoms with van der Waals surface area (Å²) in [5.74, 6) is 6.89. The lowest BCUT2D eigenvalue weighted by Gasteiger charge is -2.38. The lowest BCUT2D eigenvalue weighted by atomic mass is 9.99. The predicted octanol–water partition coefficient (Wildman–Crippen LogP) is 4.37. The number of amides is 5. The number of carbonyl (C=O) groups is 5. The molecule has 5 aliphatic rings. The van der Waals surface area contributed by atoms with Gasteiger partial charge < -0.3 is 28.9 Å². The van der Waals surface area contributed by atoms with E-state index in [9.17, 15) is 24.0 Å². The summed E-state index contributed by atoms with van der Waals surface area (Å²) in [6.45, 7) is 6.95. The number of hydrogen-bond donors (Lipinski definition) is 1. The van der Waals surface area contributed by atoms with E-state index >= 15 is 0 Å². The zero-order valence-corrected chi connectivity index (χ0v) is 34.2. The molecule has 3 saturated heterocycles. The van der Waals surface area contributed by atoms with Crippen molar-refractivity contribution >= 4 is 46.1 Å². The second-order valence-corrected chi connectivity index (χ2v) is 16.6. The molecule has 4 aromatic rings. The van der Waals surface area contributed by atoms with Gasteiger partial charge in [0.1, 0.15) is 11.9 Å². The smallest absolute Gasteiger partial charge is 0.255 e. The highest BCUT2D eigenvalue weighted by Crippen LogP contribution is 2.38. The Labute approximate surface area is 349 Å².